The van der Waals surface area contributed by atoms with Crippen LogP contribution in [0.15, 0.2) is 67.0 Å². The lowest BCUT2D eigenvalue weighted by atomic mass is 9.95. The van der Waals surface area contributed by atoms with E-state index in [1.807, 2.05) is 54.6 Å². The standard InChI is InChI=1S/C20H15ClN4/c21-17-7-2-1-4-14(17)15-5-3-6-16-19(15)18(24-25-20(16)22)12-13-8-10-23-11-9-13/h1-11H,12H2,(H2,22,25). The van der Waals surface area contributed by atoms with E-state index in [0.717, 1.165) is 33.2 Å². The van der Waals surface area contributed by atoms with Gasteiger partial charge in [0.15, 0.2) is 5.82 Å². The monoisotopic (exact) mass is 346 g/mol. The molecule has 0 atom stereocenters. The van der Waals surface area contributed by atoms with Crippen LogP contribution < -0.4 is 5.73 Å². The summed E-state index contributed by atoms with van der Waals surface area (Å²) in [6.07, 6.45) is 4.20. The fourth-order valence-corrected chi connectivity index (χ4v) is 3.25. The van der Waals surface area contributed by atoms with E-state index in [9.17, 15) is 0 Å². The van der Waals surface area contributed by atoms with Crippen molar-refractivity contribution in [2.45, 2.75) is 6.42 Å². The van der Waals surface area contributed by atoms with Crippen LogP contribution in [0.2, 0.25) is 5.02 Å². The highest BCUT2D eigenvalue weighted by atomic mass is 35.5. The summed E-state index contributed by atoms with van der Waals surface area (Å²) in [5.41, 5.74) is 10.0. The predicted octanol–water partition coefficient (Wildman–Crippen LogP) is 4.52. The van der Waals surface area contributed by atoms with Crippen LogP contribution in [0.5, 0.6) is 0 Å². The molecule has 0 bridgehead atoms. The van der Waals surface area contributed by atoms with Gasteiger partial charge in [-0.1, -0.05) is 48.0 Å². The van der Waals surface area contributed by atoms with Gasteiger partial charge in [0, 0.05) is 40.2 Å². The van der Waals surface area contributed by atoms with Gasteiger partial charge in [0.25, 0.3) is 0 Å². The van der Waals surface area contributed by atoms with E-state index in [-0.39, 0.29) is 0 Å². The van der Waals surface area contributed by atoms with Gasteiger partial charge in [0.05, 0.1) is 5.69 Å². The second-order valence-corrected chi connectivity index (χ2v) is 6.18. The molecular weight excluding hydrogens is 332 g/mol. The summed E-state index contributed by atoms with van der Waals surface area (Å²) in [7, 11) is 0. The van der Waals surface area contributed by atoms with Crippen molar-refractivity contribution in [2.75, 3.05) is 5.73 Å². The molecule has 0 unspecified atom stereocenters. The van der Waals surface area contributed by atoms with Gasteiger partial charge >= 0.3 is 0 Å². The Labute approximate surface area is 150 Å². The largest absolute Gasteiger partial charge is 0.382 e. The van der Waals surface area contributed by atoms with E-state index in [4.69, 9.17) is 17.3 Å². The van der Waals surface area contributed by atoms with E-state index in [0.29, 0.717) is 17.3 Å². The van der Waals surface area contributed by atoms with E-state index in [1.165, 1.54) is 0 Å². The maximum atomic E-state index is 6.44. The maximum Gasteiger partial charge on any atom is 0.154 e. The van der Waals surface area contributed by atoms with E-state index in [1.54, 1.807) is 12.4 Å². The Morgan fingerprint density at radius 2 is 1.60 bits per heavy atom. The average Bonchev–Trinajstić information content (AvgIpc) is 2.65. The van der Waals surface area contributed by atoms with Crippen LogP contribution in [-0.2, 0) is 6.42 Å². The Morgan fingerprint density at radius 1 is 0.840 bits per heavy atom. The minimum Gasteiger partial charge on any atom is -0.382 e. The second kappa shape index (κ2) is 6.49. The van der Waals surface area contributed by atoms with Crippen molar-refractivity contribution in [3.63, 3.8) is 0 Å². The lowest BCUT2D eigenvalue weighted by Crippen LogP contribution is -2.02. The molecular formula is C20H15ClN4. The first-order chi connectivity index (χ1) is 12.2. The van der Waals surface area contributed by atoms with Crippen LogP contribution in [0.1, 0.15) is 11.3 Å². The summed E-state index contributed by atoms with van der Waals surface area (Å²) in [6.45, 7) is 0. The molecule has 2 aromatic heterocycles. The summed E-state index contributed by atoms with van der Waals surface area (Å²) in [5.74, 6) is 0.419. The molecule has 0 saturated carbocycles. The zero-order chi connectivity index (χ0) is 17.2. The number of benzene rings is 2. The average molecular weight is 347 g/mol. The fraction of sp³-hybridized carbons (Fsp3) is 0.0500. The lowest BCUT2D eigenvalue weighted by Gasteiger charge is -2.13. The molecule has 2 N–H and O–H groups in total. The van der Waals surface area contributed by atoms with Crippen LogP contribution in [0.25, 0.3) is 21.9 Å². The number of fused-ring (bicyclic) bond motifs is 1. The number of aromatic nitrogens is 3. The third-order valence-electron chi connectivity index (χ3n) is 4.19. The number of hydrogen-bond acceptors (Lipinski definition) is 4. The van der Waals surface area contributed by atoms with Crippen LogP contribution in [0.3, 0.4) is 0 Å². The van der Waals surface area contributed by atoms with E-state index >= 15 is 0 Å². The Morgan fingerprint density at radius 3 is 2.40 bits per heavy atom. The first-order valence-corrected chi connectivity index (χ1v) is 8.29. The topological polar surface area (TPSA) is 64.7 Å². The van der Waals surface area contributed by atoms with Gasteiger partial charge in [-0.2, -0.15) is 5.10 Å². The highest BCUT2D eigenvalue weighted by Crippen LogP contribution is 2.36. The number of pyridine rings is 1. The van der Waals surface area contributed by atoms with Crippen molar-refractivity contribution >= 4 is 28.2 Å². The van der Waals surface area contributed by atoms with E-state index < -0.39 is 0 Å². The maximum absolute atomic E-state index is 6.44. The molecule has 0 saturated heterocycles. The van der Waals surface area contributed by atoms with Gasteiger partial charge < -0.3 is 5.73 Å². The third kappa shape index (κ3) is 2.92. The minimum absolute atomic E-state index is 0.419. The first kappa shape index (κ1) is 15.5. The number of halogens is 1. The van der Waals surface area contributed by atoms with Gasteiger partial charge in [-0.3, -0.25) is 4.98 Å². The molecule has 0 aliphatic carbocycles. The molecule has 0 amide bonds. The Bertz CT molecular complexity index is 1050. The number of rotatable bonds is 3. The Balaban J connectivity index is 1.98. The smallest absolute Gasteiger partial charge is 0.154 e. The highest BCUT2D eigenvalue weighted by molar-refractivity contribution is 6.33. The van der Waals surface area contributed by atoms with Crippen LogP contribution in [-0.4, -0.2) is 15.2 Å². The van der Waals surface area contributed by atoms with Crippen molar-refractivity contribution in [3.05, 3.63) is 83.3 Å². The molecule has 25 heavy (non-hydrogen) atoms. The van der Waals surface area contributed by atoms with E-state index in [2.05, 4.69) is 15.2 Å². The summed E-state index contributed by atoms with van der Waals surface area (Å²) in [6, 6.07) is 17.7. The van der Waals surface area contributed by atoms with Gasteiger partial charge in [-0.15, -0.1) is 5.10 Å². The molecule has 122 valence electrons. The molecule has 4 aromatic rings. The number of nitrogens with zero attached hydrogens (tertiary/aromatic N) is 3. The van der Waals surface area contributed by atoms with Crippen LogP contribution in [0.4, 0.5) is 5.82 Å². The summed E-state index contributed by atoms with van der Waals surface area (Å²) in [5, 5.41) is 11.1. The van der Waals surface area contributed by atoms with Gasteiger partial charge in [-0.25, -0.2) is 0 Å². The molecule has 2 aromatic carbocycles. The molecule has 4 nitrogen and oxygen atoms in total. The van der Waals surface area contributed by atoms with Crippen molar-refractivity contribution < 1.29 is 0 Å². The summed E-state index contributed by atoms with van der Waals surface area (Å²) < 4.78 is 0. The summed E-state index contributed by atoms with van der Waals surface area (Å²) >= 11 is 6.44. The molecule has 0 aliphatic rings. The molecule has 0 radical (unpaired) electrons. The molecule has 0 spiro atoms. The first-order valence-electron chi connectivity index (χ1n) is 7.91. The SMILES string of the molecule is Nc1nnc(Cc2ccncc2)c2c(-c3ccccc3Cl)cccc12. The number of nitrogen functional groups attached to an aromatic ring is 1. The zero-order valence-electron chi connectivity index (χ0n) is 13.4. The molecule has 4 rings (SSSR count). The number of hydrogen-bond donors (Lipinski definition) is 1. The predicted molar refractivity (Wildman–Crippen MR) is 101 cm³/mol. The van der Waals surface area contributed by atoms with Crippen molar-refractivity contribution in [3.8, 4) is 11.1 Å². The Kier molecular flexibility index (Phi) is 4.04. The molecule has 0 aliphatic heterocycles. The molecule has 0 fully saturated rings. The van der Waals surface area contributed by atoms with Crippen molar-refractivity contribution in [2.24, 2.45) is 0 Å². The van der Waals surface area contributed by atoms with Crippen molar-refractivity contribution in [1.82, 2.24) is 15.2 Å². The van der Waals surface area contributed by atoms with Crippen LogP contribution >= 0.6 is 11.6 Å². The number of anilines is 1. The zero-order valence-corrected chi connectivity index (χ0v) is 14.1. The summed E-state index contributed by atoms with van der Waals surface area (Å²) in [4.78, 5) is 4.07. The molecule has 2 heterocycles. The van der Waals surface area contributed by atoms with Crippen molar-refractivity contribution in [1.29, 1.82) is 0 Å². The fourth-order valence-electron chi connectivity index (χ4n) is 3.02. The number of nitrogens with two attached hydrogens (primary N) is 1. The minimum atomic E-state index is 0.419. The lowest BCUT2D eigenvalue weighted by molar-refractivity contribution is 0.963. The van der Waals surface area contributed by atoms with Gasteiger partial charge in [0.2, 0.25) is 0 Å². The Hall–Kier alpha value is -2.98. The van der Waals surface area contributed by atoms with Gasteiger partial charge in [-0.05, 0) is 29.3 Å². The quantitative estimate of drug-likeness (QED) is 0.592. The normalized spacial score (nSPS) is 10.9. The highest BCUT2D eigenvalue weighted by Gasteiger charge is 2.15. The second-order valence-electron chi connectivity index (χ2n) is 5.77. The van der Waals surface area contributed by atoms with Crippen LogP contribution in [0, 0.1) is 0 Å². The molecule has 5 heteroatoms. The van der Waals surface area contributed by atoms with Gasteiger partial charge in [0.1, 0.15) is 0 Å². The third-order valence-corrected chi connectivity index (χ3v) is 4.52.